The largest absolute Gasteiger partial charge is 0.462 e. The lowest BCUT2D eigenvalue weighted by atomic mass is 10.3. The lowest BCUT2D eigenvalue weighted by molar-refractivity contribution is 0.0521. The van der Waals surface area contributed by atoms with Crippen molar-refractivity contribution in [1.29, 1.82) is 0 Å². The first-order valence-electron chi connectivity index (χ1n) is 7.98. The molecule has 1 saturated heterocycles. The van der Waals surface area contributed by atoms with Crippen LogP contribution < -0.4 is 0 Å². The van der Waals surface area contributed by atoms with Gasteiger partial charge in [0.15, 0.2) is 10.8 Å². The zero-order valence-corrected chi connectivity index (χ0v) is 14.9. The van der Waals surface area contributed by atoms with Crippen LogP contribution >= 0.6 is 0 Å². The number of esters is 1. The Morgan fingerprint density at radius 1 is 1.31 bits per heavy atom. The molecular weight excluding hydrogens is 364 g/mol. The quantitative estimate of drug-likeness (QED) is 0.738. The van der Waals surface area contributed by atoms with Gasteiger partial charge in [-0.1, -0.05) is 0 Å². The summed E-state index contributed by atoms with van der Waals surface area (Å²) in [4.78, 5) is 25.7. The van der Waals surface area contributed by atoms with E-state index in [4.69, 9.17) is 9.15 Å². The van der Waals surface area contributed by atoms with Crippen molar-refractivity contribution < 1.29 is 27.2 Å². The van der Waals surface area contributed by atoms with Crippen molar-refractivity contribution in [2.24, 2.45) is 0 Å². The number of hydrogen-bond donors (Lipinski definition) is 1. The van der Waals surface area contributed by atoms with E-state index in [1.165, 1.54) is 15.5 Å². The van der Waals surface area contributed by atoms with Crippen LogP contribution in [0.2, 0.25) is 0 Å². The Morgan fingerprint density at radius 3 is 2.65 bits per heavy atom. The average Bonchev–Trinajstić information content (AvgIpc) is 3.33. The first-order valence-corrected chi connectivity index (χ1v) is 9.42. The average molecular weight is 382 g/mol. The maximum absolute atomic E-state index is 12.8. The first kappa shape index (κ1) is 18.1. The molecule has 0 radical (unpaired) electrons. The van der Waals surface area contributed by atoms with Crippen molar-refractivity contribution in [3.8, 4) is 0 Å². The van der Waals surface area contributed by atoms with Crippen LogP contribution in [0, 0.1) is 0 Å². The third-order valence-electron chi connectivity index (χ3n) is 3.96. The van der Waals surface area contributed by atoms with Gasteiger partial charge in [0, 0.05) is 26.2 Å². The molecule has 0 saturated carbocycles. The number of amides is 1. The van der Waals surface area contributed by atoms with E-state index in [2.05, 4.69) is 10.2 Å². The summed E-state index contributed by atoms with van der Waals surface area (Å²) < 4.78 is 36.8. The van der Waals surface area contributed by atoms with Gasteiger partial charge in [0.1, 0.15) is 5.56 Å². The number of ether oxygens (including phenoxy) is 1. The maximum Gasteiger partial charge on any atom is 0.342 e. The molecule has 0 aliphatic carbocycles. The van der Waals surface area contributed by atoms with Crippen molar-refractivity contribution >= 4 is 21.9 Å². The third-order valence-corrected chi connectivity index (χ3v) is 5.83. The van der Waals surface area contributed by atoms with Crippen LogP contribution in [-0.4, -0.2) is 72.5 Å². The number of H-pyrrole nitrogens is 1. The Morgan fingerprint density at radius 2 is 2.04 bits per heavy atom. The number of carbonyl (C=O) groups is 2. The highest BCUT2D eigenvalue weighted by Gasteiger charge is 2.35. The first-order chi connectivity index (χ1) is 12.4. The summed E-state index contributed by atoms with van der Waals surface area (Å²) in [5.41, 5.74) is -0.138. The number of nitrogens with one attached hydrogen (secondary N) is 1. The smallest absolute Gasteiger partial charge is 0.342 e. The SMILES string of the molecule is CCOC(=O)c1cn[nH]c1S(=O)(=O)N1CCN(C(=O)c2ccco2)CC1. The molecule has 10 nitrogen and oxygen atoms in total. The van der Waals surface area contributed by atoms with Gasteiger partial charge in [-0.05, 0) is 19.1 Å². The molecule has 1 aliphatic heterocycles. The Labute approximate surface area is 149 Å². The number of sulfonamides is 1. The Bertz CT molecular complexity index is 881. The fourth-order valence-electron chi connectivity index (χ4n) is 2.64. The molecule has 1 N–H and O–H groups in total. The number of nitrogens with zero attached hydrogens (tertiary/aromatic N) is 3. The summed E-state index contributed by atoms with van der Waals surface area (Å²) in [7, 11) is -3.96. The number of carbonyl (C=O) groups excluding carboxylic acids is 2. The number of rotatable bonds is 5. The molecule has 2 aromatic heterocycles. The molecule has 2 aromatic rings. The lowest BCUT2D eigenvalue weighted by Crippen LogP contribution is -2.50. The standard InChI is InChI=1S/C15H18N4O6S/c1-2-24-15(21)11-10-16-17-13(11)26(22,23)19-7-5-18(6-8-19)14(20)12-4-3-9-25-12/h3-4,9-10H,2,5-8H2,1H3,(H,16,17). The predicted molar refractivity (Wildman–Crippen MR) is 87.9 cm³/mol. The number of aromatic amines is 1. The van der Waals surface area contributed by atoms with Crippen LogP contribution in [0.25, 0.3) is 0 Å². The van der Waals surface area contributed by atoms with Gasteiger partial charge >= 0.3 is 5.97 Å². The molecule has 0 unspecified atom stereocenters. The van der Waals surface area contributed by atoms with E-state index in [1.807, 2.05) is 0 Å². The molecule has 0 atom stereocenters. The Kier molecular flexibility index (Phi) is 5.09. The van der Waals surface area contributed by atoms with Gasteiger partial charge in [0.2, 0.25) is 0 Å². The molecule has 11 heteroatoms. The molecule has 1 amide bonds. The third kappa shape index (κ3) is 3.35. The monoisotopic (exact) mass is 382 g/mol. The van der Waals surface area contributed by atoms with Crippen LogP contribution in [0.15, 0.2) is 34.0 Å². The van der Waals surface area contributed by atoms with Crippen LogP contribution in [0.1, 0.15) is 27.8 Å². The van der Waals surface area contributed by atoms with Crippen LogP contribution in [-0.2, 0) is 14.8 Å². The highest BCUT2D eigenvalue weighted by atomic mass is 32.2. The molecule has 0 bridgehead atoms. The lowest BCUT2D eigenvalue weighted by Gasteiger charge is -2.33. The van der Waals surface area contributed by atoms with Crippen molar-refractivity contribution in [3.05, 3.63) is 35.9 Å². The van der Waals surface area contributed by atoms with E-state index in [-0.39, 0.29) is 55.0 Å². The minimum Gasteiger partial charge on any atom is -0.462 e. The summed E-state index contributed by atoms with van der Waals surface area (Å²) in [6, 6.07) is 3.17. The van der Waals surface area contributed by atoms with Crippen LogP contribution in [0.5, 0.6) is 0 Å². The maximum atomic E-state index is 12.8. The molecule has 1 fully saturated rings. The van der Waals surface area contributed by atoms with Crippen LogP contribution in [0.3, 0.4) is 0 Å². The number of piperazine rings is 1. The minimum atomic E-state index is -3.96. The van der Waals surface area contributed by atoms with Crippen molar-refractivity contribution in [3.63, 3.8) is 0 Å². The van der Waals surface area contributed by atoms with E-state index in [0.717, 1.165) is 6.20 Å². The van der Waals surface area contributed by atoms with E-state index in [0.29, 0.717) is 0 Å². The second kappa shape index (κ2) is 7.30. The fourth-order valence-corrected chi connectivity index (χ4v) is 4.13. The molecular formula is C15H18N4O6S. The zero-order chi connectivity index (χ0) is 18.7. The summed E-state index contributed by atoms with van der Waals surface area (Å²) in [6.45, 7) is 2.36. The van der Waals surface area contributed by atoms with Gasteiger partial charge < -0.3 is 14.1 Å². The summed E-state index contributed by atoms with van der Waals surface area (Å²) in [6.07, 6.45) is 2.53. The van der Waals surface area contributed by atoms with Crippen molar-refractivity contribution in [2.45, 2.75) is 11.9 Å². The molecule has 26 heavy (non-hydrogen) atoms. The van der Waals surface area contributed by atoms with Crippen molar-refractivity contribution in [1.82, 2.24) is 19.4 Å². The van der Waals surface area contributed by atoms with Gasteiger partial charge in [-0.15, -0.1) is 0 Å². The molecule has 0 aromatic carbocycles. The van der Waals surface area contributed by atoms with Gasteiger partial charge in [-0.25, -0.2) is 13.2 Å². The summed E-state index contributed by atoms with van der Waals surface area (Å²) >= 11 is 0. The van der Waals surface area contributed by atoms with Gasteiger partial charge in [0.25, 0.3) is 15.9 Å². The molecule has 1 aliphatic rings. The molecule has 140 valence electrons. The fraction of sp³-hybridized carbons (Fsp3) is 0.400. The van der Waals surface area contributed by atoms with E-state index < -0.39 is 16.0 Å². The zero-order valence-electron chi connectivity index (χ0n) is 14.0. The molecule has 3 rings (SSSR count). The summed E-state index contributed by atoms with van der Waals surface area (Å²) in [5, 5.41) is 5.71. The predicted octanol–water partition coefficient (Wildman–Crippen LogP) is 0.326. The van der Waals surface area contributed by atoms with Gasteiger partial charge in [0.05, 0.1) is 19.1 Å². The summed E-state index contributed by atoms with van der Waals surface area (Å²) in [5.74, 6) is -0.841. The second-order valence-corrected chi connectivity index (χ2v) is 7.38. The number of furan rings is 1. The minimum absolute atomic E-state index is 0.0933. The molecule has 0 spiro atoms. The Balaban J connectivity index is 1.72. The second-order valence-electron chi connectivity index (χ2n) is 5.51. The van der Waals surface area contributed by atoms with E-state index in [1.54, 1.807) is 19.1 Å². The topological polar surface area (TPSA) is 126 Å². The normalized spacial score (nSPS) is 15.8. The highest BCUT2D eigenvalue weighted by molar-refractivity contribution is 7.89. The highest BCUT2D eigenvalue weighted by Crippen LogP contribution is 2.20. The van der Waals surface area contributed by atoms with Crippen LogP contribution in [0.4, 0.5) is 0 Å². The Hall–Kier alpha value is -2.66. The molecule has 3 heterocycles. The van der Waals surface area contributed by atoms with E-state index in [9.17, 15) is 18.0 Å². The number of aromatic nitrogens is 2. The van der Waals surface area contributed by atoms with Gasteiger partial charge in [-0.2, -0.15) is 9.40 Å². The van der Waals surface area contributed by atoms with Crippen molar-refractivity contribution in [2.75, 3.05) is 32.8 Å². The van der Waals surface area contributed by atoms with Gasteiger partial charge in [-0.3, -0.25) is 9.89 Å². The number of hydrogen-bond acceptors (Lipinski definition) is 7. The van der Waals surface area contributed by atoms with E-state index >= 15 is 0 Å².